The second-order valence-electron chi connectivity index (χ2n) is 3.56. The Morgan fingerprint density at radius 3 is 2.64 bits per heavy atom. The van der Waals surface area contributed by atoms with Gasteiger partial charge in [-0.05, 0) is 18.9 Å². The van der Waals surface area contributed by atoms with Crippen LogP contribution >= 0.6 is 0 Å². The molecule has 1 heteroatoms. The quantitative estimate of drug-likeness (QED) is 0.667. The van der Waals surface area contributed by atoms with Crippen molar-refractivity contribution in [1.82, 2.24) is 0 Å². The maximum absolute atomic E-state index is 5.62. The second kappa shape index (κ2) is 6.61. The normalized spacial score (nSPS) is 12.7. The van der Waals surface area contributed by atoms with Gasteiger partial charge in [-0.1, -0.05) is 50.1 Å². The minimum atomic E-state index is 0.134. The topological polar surface area (TPSA) is 9.23 Å². The largest absolute Gasteiger partial charge is 0.374 e. The van der Waals surface area contributed by atoms with Gasteiger partial charge in [-0.2, -0.15) is 0 Å². The average molecular weight is 191 g/mol. The van der Waals surface area contributed by atoms with Gasteiger partial charge in [0, 0.05) is 0 Å². The highest BCUT2D eigenvalue weighted by Crippen LogP contribution is 2.07. The van der Waals surface area contributed by atoms with E-state index in [1.165, 1.54) is 18.4 Å². The summed E-state index contributed by atoms with van der Waals surface area (Å²) in [5, 5.41) is 0. The van der Waals surface area contributed by atoms with E-state index in [4.69, 9.17) is 4.74 Å². The van der Waals surface area contributed by atoms with E-state index >= 15 is 0 Å². The molecule has 0 aliphatic rings. The molecule has 0 heterocycles. The third-order valence-electron chi connectivity index (χ3n) is 2.21. The molecule has 0 bridgehead atoms. The SMILES string of the molecule is [CH2]C(CCCC)OCc1ccccc1. The highest BCUT2D eigenvalue weighted by Gasteiger charge is 2.01. The van der Waals surface area contributed by atoms with Crippen LogP contribution < -0.4 is 0 Å². The van der Waals surface area contributed by atoms with Crippen LogP contribution in [0.2, 0.25) is 0 Å². The van der Waals surface area contributed by atoms with E-state index in [9.17, 15) is 0 Å². The highest BCUT2D eigenvalue weighted by molar-refractivity contribution is 5.13. The summed E-state index contributed by atoms with van der Waals surface area (Å²) in [4.78, 5) is 0. The third-order valence-corrected chi connectivity index (χ3v) is 2.21. The molecule has 1 nitrogen and oxygen atoms in total. The monoisotopic (exact) mass is 191 g/mol. The third kappa shape index (κ3) is 4.43. The lowest BCUT2D eigenvalue weighted by Crippen LogP contribution is -2.08. The van der Waals surface area contributed by atoms with E-state index in [1.807, 2.05) is 18.2 Å². The van der Waals surface area contributed by atoms with Gasteiger partial charge in [-0.3, -0.25) is 0 Å². The zero-order valence-electron chi connectivity index (χ0n) is 8.91. The Morgan fingerprint density at radius 2 is 2.00 bits per heavy atom. The molecular formula is C13H19O. The van der Waals surface area contributed by atoms with Gasteiger partial charge in [0.15, 0.2) is 0 Å². The minimum Gasteiger partial charge on any atom is -0.374 e. The van der Waals surface area contributed by atoms with Crippen molar-refractivity contribution >= 4 is 0 Å². The summed E-state index contributed by atoms with van der Waals surface area (Å²) < 4.78 is 5.62. The van der Waals surface area contributed by atoms with E-state index in [1.54, 1.807) is 0 Å². The fourth-order valence-corrected chi connectivity index (χ4v) is 1.30. The summed E-state index contributed by atoms with van der Waals surface area (Å²) in [6, 6.07) is 10.2. The highest BCUT2D eigenvalue weighted by atomic mass is 16.5. The molecule has 0 aromatic heterocycles. The van der Waals surface area contributed by atoms with Gasteiger partial charge in [-0.15, -0.1) is 0 Å². The molecule has 0 amide bonds. The van der Waals surface area contributed by atoms with Crippen LogP contribution in [0.3, 0.4) is 0 Å². The molecule has 77 valence electrons. The summed E-state index contributed by atoms with van der Waals surface area (Å²) in [6.45, 7) is 6.83. The first-order valence-corrected chi connectivity index (χ1v) is 5.31. The smallest absolute Gasteiger partial charge is 0.0720 e. The second-order valence-corrected chi connectivity index (χ2v) is 3.56. The molecular weight excluding hydrogens is 172 g/mol. The van der Waals surface area contributed by atoms with Gasteiger partial charge in [0.1, 0.15) is 0 Å². The molecule has 0 saturated heterocycles. The van der Waals surface area contributed by atoms with Gasteiger partial charge in [0.25, 0.3) is 0 Å². The molecule has 1 rings (SSSR count). The van der Waals surface area contributed by atoms with Crippen LogP contribution in [0.15, 0.2) is 30.3 Å². The first-order chi connectivity index (χ1) is 6.83. The Bertz CT molecular complexity index is 230. The van der Waals surface area contributed by atoms with Gasteiger partial charge in [-0.25, -0.2) is 0 Å². The Kier molecular flexibility index (Phi) is 5.31. The first-order valence-electron chi connectivity index (χ1n) is 5.31. The fraction of sp³-hybridized carbons (Fsp3) is 0.462. The lowest BCUT2D eigenvalue weighted by Gasteiger charge is -2.12. The van der Waals surface area contributed by atoms with Crippen LogP contribution in [0.1, 0.15) is 31.7 Å². The van der Waals surface area contributed by atoms with E-state index in [2.05, 4.69) is 26.0 Å². The molecule has 0 N–H and O–H groups in total. The van der Waals surface area contributed by atoms with Crippen molar-refractivity contribution in [2.45, 2.75) is 38.9 Å². The van der Waals surface area contributed by atoms with Crippen LogP contribution in [0, 0.1) is 6.92 Å². The van der Waals surface area contributed by atoms with Crippen molar-refractivity contribution in [3.63, 3.8) is 0 Å². The average Bonchev–Trinajstić information content (AvgIpc) is 2.25. The molecule has 0 aliphatic heterocycles. The van der Waals surface area contributed by atoms with Gasteiger partial charge in [0.2, 0.25) is 0 Å². The fourth-order valence-electron chi connectivity index (χ4n) is 1.30. The van der Waals surface area contributed by atoms with Crippen molar-refractivity contribution in [1.29, 1.82) is 0 Å². The van der Waals surface area contributed by atoms with Crippen molar-refractivity contribution in [2.75, 3.05) is 0 Å². The van der Waals surface area contributed by atoms with E-state index in [-0.39, 0.29) is 6.10 Å². The maximum Gasteiger partial charge on any atom is 0.0720 e. The molecule has 1 unspecified atom stereocenters. The molecule has 14 heavy (non-hydrogen) atoms. The molecule has 1 atom stereocenters. The lowest BCUT2D eigenvalue weighted by molar-refractivity contribution is 0.0632. The maximum atomic E-state index is 5.62. The summed E-state index contributed by atoms with van der Waals surface area (Å²) in [6.07, 6.45) is 3.60. The Hall–Kier alpha value is -0.820. The van der Waals surface area contributed by atoms with Gasteiger partial charge in [0.05, 0.1) is 12.7 Å². The molecule has 1 aromatic carbocycles. The van der Waals surface area contributed by atoms with Crippen molar-refractivity contribution < 1.29 is 4.74 Å². The van der Waals surface area contributed by atoms with E-state index in [0.717, 1.165) is 6.42 Å². The molecule has 0 aliphatic carbocycles. The molecule has 1 aromatic rings. The van der Waals surface area contributed by atoms with Crippen LogP contribution in [0.4, 0.5) is 0 Å². The Morgan fingerprint density at radius 1 is 1.29 bits per heavy atom. The van der Waals surface area contributed by atoms with E-state index < -0.39 is 0 Å². The standard InChI is InChI=1S/C13H19O/c1-3-4-8-12(2)14-11-13-9-6-5-7-10-13/h5-7,9-10,12H,2-4,8,11H2,1H3. The van der Waals surface area contributed by atoms with Crippen LogP contribution in [0.25, 0.3) is 0 Å². The van der Waals surface area contributed by atoms with Crippen LogP contribution in [0.5, 0.6) is 0 Å². The summed E-state index contributed by atoms with van der Waals surface area (Å²) in [5.74, 6) is 0. The van der Waals surface area contributed by atoms with Gasteiger partial charge < -0.3 is 4.74 Å². The minimum absolute atomic E-state index is 0.134. The predicted molar refractivity (Wildman–Crippen MR) is 59.9 cm³/mol. The molecule has 0 fully saturated rings. The number of hydrogen-bond donors (Lipinski definition) is 0. The molecule has 0 spiro atoms. The number of ether oxygens (including phenoxy) is 1. The van der Waals surface area contributed by atoms with Crippen LogP contribution in [-0.2, 0) is 11.3 Å². The summed E-state index contributed by atoms with van der Waals surface area (Å²) in [5.41, 5.74) is 1.22. The van der Waals surface area contributed by atoms with Crippen molar-refractivity contribution in [3.8, 4) is 0 Å². The zero-order chi connectivity index (χ0) is 10.2. The molecule has 0 saturated carbocycles. The first kappa shape index (κ1) is 11.3. The van der Waals surface area contributed by atoms with E-state index in [0.29, 0.717) is 6.61 Å². The summed E-state index contributed by atoms with van der Waals surface area (Å²) >= 11 is 0. The number of unbranched alkanes of at least 4 members (excludes halogenated alkanes) is 1. The van der Waals surface area contributed by atoms with Crippen molar-refractivity contribution in [2.24, 2.45) is 0 Å². The van der Waals surface area contributed by atoms with Crippen LogP contribution in [-0.4, -0.2) is 6.10 Å². The molecule has 1 radical (unpaired) electrons. The number of hydrogen-bond acceptors (Lipinski definition) is 1. The Labute approximate surface area is 87.1 Å². The van der Waals surface area contributed by atoms with Gasteiger partial charge >= 0.3 is 0 Å². The zero-order valence-corrected chi connectivity index (χ0v) is 8.91. The lowest BCUT2D eigenvalue weighted by atomic mass is 10.2. The predicted octanol–water partition coefficient (Wildman–Crippen LogP) is 3.60. The number of benzene rings is 1. The Balaban J connectivity index is 2.20. The number of rotatable bonds is 6. The van der Waals surface area contributed by atoms with Crippen molar-refractivity contribution in [3.05, 3.63) is 42.8 Å². The summed E-state index contributed by atoms with van der Waals surface area (Å²) in [7, 11) is 0.